The highest BCUT2D eigenvalue weighted by Gasteiger charge is 2.11. The molecule has 6 nitrogen and oxygen atoms in total. The lowest BCUT2D eigenvalue weighted by atomic mass is 10.1. The molecule has 3 aromatic carbocycles. The minimum Gasteiger partial charge on any atom is -0.398 e. The Morgan fingerprint density at radius 1 is 0.727 bits per heavy atom. The molecule has 0 radical (unpaired) electrons. The number of pyridine rings is 1. The number of nitrogens with two attached hydrogens (primary N) is 2. The second-order valence-electron chi connectivity index (χ2n) is 7.44. The van der Waals surface area contributed by atoms with E-state index in [2.05, 4.69) is 15.3 Å². The molecule has 33 heavy (non-hydrogen) atoms. The largest absolute Gasteiger partial charge is 0.398 e. The van der Waals surface area contributed by atoms with Crippen LogP contribution in [0.25, 0.3) is 33.4 Å². The van der Waals surface area contributed by atoms with Gasteiger partial charge in [-0.2, -0.15) is 4.98 Å². The van der Waals surface area contributed by atoms with Gasteiger partial charge < -0.3 is 16.8 Å². The number of aromatic nitrogens is 3. The summed E-state index contributed by atoms with van der Waals surface area (Å²) in [6.07, 6.45) is 0. The van der Waals surface area contributed by atoms with Crippen molar-refractivity contribution in [1.82, 2.24) is 15.0 Å². The summed E-state index contributed by atoms with van der Waals surface area (Å²) in [5.74, 6) is 0.682. The highest BCUT2D eigenvalue weighted by atomic mass is 35.5. The smallest absolute Gasteiger partial charge is 0.222 e. The first-order valence-corrected chi connectivity index (χ1v) is 10.8. The normalized spacial score (nSPS) is 11.0. The lowest BCUT2D eigenvalue weighted by Gasteiger charge is -2.12. The number of rotatable bonds is 4. The fourth-order valence-electron chi connectivity index (χ4n) is 3.61. The van der Waals surface area contributed by atoms with Gasteiger partial charge >= 0.3 is 0 Å². The van der Waals surface area contributed by atoms with E-state index in [-0.39, 0.29) is 5.95 Å². The molecule has 0 saturated carbocycles. The van der Waals surface area contributed by atoms with Crippen LogP contribution in [0.1, 0.15) is 0 Å². The second kappa shape index (κ2) is 8.58. The third-order valence-corrected chi connectivity index (χ3v) is 5.69. The van der Waals surface area contributed by atoms with Crippen molar-refractivity contribution in [3.8, 4) is 22.5 Å². The summed E-state index contributed by atoms with van der Waals surface area (Å²) in [4.78, 5) is 13.4. The van der Waals surface area contributed by atoms with Gasteiger partial charge in [0.1, 0.15) is 5.82 Å². The Morgan fingerprint density at radius 2 is 1.58 bits per heavy atom. The van der Waals surface area contributed by atoms with E-state index in [9.17, 15) is 0 Å². The summed E-state index contributed by atoms with van der Waals surface area (Å²) in [7, 11) is 0. The van der Waals surface area contributed by atoms with Crippen LogP contribution in [0, 0.1) is 0 Å². The summed E-state index contributed by atoms with van der Waals surface area (Å²) < 4.78 is 0. The number of hydrogen-bond acceptors (Lipinski definition) is 6. The lowest BCUT2D eigenvalue weighted by Crippen LogP contribution is -2.02. The molecule has 8 heteroatoms. The first-order valence-electron chi connectivity index (χ1n) is 10.1. The first kappa shape index (κ1) is 21.0. The van der Waals surface area contributed by atoms with E-state index >= 15 is 0 Å². The summed E-state index contributed by atoms with van der Waals surface area (Å²) in [6.45, 7) is 0. The standard InChI is InChI=1S/C25H18Cl2N6/c26-15-5-3-4-14(10-15)22-12-20(28)18-11-16(8-9-21(18)31-22)30-24-13-23(32-25(29)33-24)17-6-1-2-7-19(17)27/h1-13H,(H2,28,31)(H3,29,30,32,33). The van der Waals surface area contributed by atoms with Crippen LogP contribution in [0.2, 0.25) is 10.0 Å². The van der Waals surface area contributed by atoms with Gasteiger partial charge in [-0.05, 0) is 42.5 Å². The van der Waals surface area contributed by atoms with Gasteiger partial charge in [0.05, 0.1) is 16.9 Å². The van der Waals surface area contributed by atoms with Crippen LogP contribution >= 0.6 is 23.2 Å². The van der Waals surface area contributed by atoms with E-state index in [0.717, 1.165) is 33.4 Å². The molecule has 0 fully saturated rings. The Labute approximate surface area is 200 Å². The molecule has 2 aromatic heterocycles. The molecular weight excluding hydrogens is 455 g/mol. The molecule has 0 aliphatic heterocycles. The van der Waals surface area contributed by atoms with Crippen molar-refractivity contribution in [3.05, 3.63) is 88.9 Å². The number of benzene rings is 3. The van der Waals surface area contributed by atoms with E-state index in [1.54, 1.807) is 12.1 Å². The maximum absolute atomic E-state index is 6.37. The van der Waals surface area contributed by atoms with Gasteiger partial charge in [-0.3, -0.25) is 0 Å². The third-order valence-electron chi connectivity index (χ3n) is 5.13. The fraction of sp³-hybridized carbons (Fsp3) is 0. The second-order valence-corrected chi connectivity index (χ2v) is 8.28. The number of fused-ring (bicyclic) bond motifs is 1. The number of nitrogens with zero attached hydrogens (tertiary/aromatic N) is 3. The van der Waals surface area contributed by atoms with Crippen LogP contribution < -0.4 is 16.8 Å². The fourth-order valence-corrected chi connectivity index (χ4v) is 4.03. The SMILES string of the molecule is Nc1nc(Nc2ccc3nc(-c4cccc(Cl)c4)cc(N)c3c2)cc(-c2ccccc2Cl)n1. The number of nitrogens with one attached hydrogen (secondary N) is 1. The van der Waals surface area contributed by atoms with Crippen LogP contribution in [-0.4, -0.2) is 15.0 Å². The number of anilines is 4. The minimum atomic E-state index is 0.142. The van der Waals surface area contributed by atoms with E-state index in [0.29, 0.717) is 27.2 Å². The maximum Gasteiger partial charge on any atom is 0.222 e. The molecule has 0 unspecified atom stereocenters. The molecule has 5 N–H and O–H groups in total. The minimum absolute atomic E-state index is 0.142. The Balaban J connectivity index is 1.50. The molecule has 5 aromatic rings. The number of halogens is 2. The molecule has 5 rings (SSSR count). The highest BCUT2D eigenvalue weighted by molar-refractivity contribution is 6.33. The topological polar surface area (TPSA) is 103 Å². The molecule has 0 spiro atoms. The predicted octanol–water partition coefficient (Wildman–Crippen LogP) is 6.57. The molecule has 2 heterocycles. The van der Waals surface area contributed by atoms with Crippen molar-refractivity contribution in [1.29, 1.82) is 0 Å². The number of hydrogen-bond donors (Lipinski definition) is 3. The van der Waals surface area contributed by atoms with Crippen molar-refractivity contribution in [3.63, 3.8) is 0 Å². The summed E-state index contributed by atoms with van der Waals surface area (Å²) in [6, 6.07) is 24.3. The van der Waals surface area contributed by atoms with Crippen molar-refractivity contribution in [2.24, 2.45) is 0 Å². The molecule has 0 aliphatic carbocycles. The van der Waals surface area contributed by atoms with Crippen molar-refractivity contribution in [2.45, 2.75) is 0 Å². The molecule has 0 bridgehead atoms. The van der Waals surface area contributed by atoms with Crippen molar-refractivity contribution >= 4 is 57.2 Å². The number of nitrogen functional groups attached to an aromatic ring is 2. The monoisotopic (exact) mass is 472 g/mol. The van der Waals surface area contributed by atoms with Crippen LogP contribution in [0.5, 0.6) is 0 Å². The Kier molecular flexibility index (Phi) is 5.46. The quantitative estimate of drug-likeness (QED) is 0.273. The molecule has 0 aliphatic rings. The summed E-state index contributed by atoms with van der Waals surface area (Å²) in [5, 5.41) is 5.32. The van der Waals surface area contributed by atoms with Gasteiger partial charge in [-0.25, -0.2) is 9.97 Å². The zero-order valence-corrected chi connectivity index (χ0v) is 18.8. The van der Waals surface area contributed by atoms with E-state index in [4.69, 9.17) is 39.7 Å². The van der Waals surface area contributed by atoms with Gasteiger partial charge in [-0.15, -0.1) is 0 Å². The van der Waals surface area contributed by atoms with Crippen LogP contribution in [0.3, 0.4) is 0 Å². The Hall–Kier alpha value is -3.87. The average molecular weight is 473 g/mol. The van der Waals surface area contributed by atoms with Crippen LogP contribution in [0.4, 0.5) is 23.1 Å². The van der Waals surface area contributed by atoms with E-state index < -0.39 is 0 Å². The lowest BCUT2D eigenvalue weighted by molar-refractivity contribution is 1.19. The zero-order valence-electron chi connectivity index (χ0n) is 17.3. The maximum atomic E-state index is 6.37. The predicted molar refractivity (Wildman–Crippen MR) is 137 cm³/mol. The summed E-state index contributed by atoms with van der Waals surface area (Å²) in [5.41, 5.74) is 17.6. The van der Waals surface area contributed by atoms with Crippen LogP contribution in [0.15, 0.2) is 78.9 Å². The highest BCUT2D eigenvalue weighted by Crippen LogP contribution is 2.32. The van der Waals surface area contributed by atoms with Gasteiger partial charge in [0, 0.05) is 44.0 Å². The van der Waals surface area contributed by atoms with Gasteiger partial charge in [-0.1, -0.05) is 53.5 Å². The van der Waals surface area contributed by atoms with E-state index in [1.165, 1.54) is 0 Å². The summed E-state index contributed by atoms with van der Waals surface area (Å²) >= 11 is 12.4. The van der Waals surface area contributed by atoms with E-state index in [1.807, 2.05) is 66.7 Å². The molecule has 162 valence electrons. The molecular formula is C25H18Cl2N6. The molecule has 0 saturated heterocycles. The molecule has 0 atom stereocenters. The average Bonchev–Trinajstić information content (AvgIpc) is 2.79. The van der Waals surface area contributed by atoms with Crippen LogP contribution in [-0.2, 0) is 0 Å². The Morgan fingerprint density at radius 3 is 2.39 bits per heavy atom. The van der Waals surface area contributed by atoms with Crippen molar-refractivity contribution < 1.29 is 0 Å². The van der Waals surface area contributed by atoms with Gasteiger partial charge in [0.25, 0.3) is 0 Å². The first-order chi connectivity index (χ1) is 16.0. The third kappa shape index (κ3) is 4.39. The zero-order chi connectivity index (χ0) is 22.9. The van der Waals surface area contributed by atoms with Crippen molar-refractivity contribution in [2.75, 3.05) is 16.8 Å². The Bertz CT molecular complexity index is 1500. The van der Waals surface area contributed by atoms with Gasteiger partial charge in [0.2, 0.25) is 5.95 Å². The molecule has 0 amide bonds. The van der Waals surface area contributed by atoms with Gasteiger partial charge in [0.15, 0.2) is 0 Å².